The third-order valence-electron chi connectivity index (χ3n) is 8.10. The Labute approximate surface area is 245 Å². The molecule has 0 nitrogen and oxygen atoms in total. The van der Waals surface area contributed by atoms with Gasteiger partial charge in [0.2, 0.25) is 0 Å². The van der Waals surface area contributed by atoms with Crippen molar-refractivity contribution < 1.29 is 21.7 Å². The summed E-state index contributed by atoms with van der Waals surface area (Å²) in [7, 11) is -3.05. The first-order valence-electron chi connectivity index (χ1n) is 13.6. The number of fused-ring (bicyclic) bond motifs is 2. The molecule has 3 aliphatic carbocycles. The van der Waals surface area contributed by atoms with Gasteiger partial charge in [-0.3, -0.25) is 0 Å². The summed E-state index contributed by atoms with van der Waals surface area (Å²) in [5.74, 6) is 3.61. The van der Waals surface area contributed by atoms with E-state index in [0.717, 1.165) is 0 Å². The molecule has 5 rings (SSSR count). The molecule has 0 amide bonds. The maximum absolute atomic E-state index is 2.60. The number of hydrogen-bond donors (Lipinski definition) is 0. The van der Waals surface area contributed by atoms with Crippen molar-refractivity contribution in [1.29, 1.82) is 0 Å². The molecular weight excluding hydrogens is 512 g/mol. The molecule has 0 aliphatic heterocycles. The second-order valence-electron chi connectivity index (χ2n) is 12.8. The third kappa shape index (κ3) is 6.57. The molecule has 5 radical (unpaired) electrons. The van der Waals surface area contributed by atoms with Gasteiger partial charge in [-0.25, -0.2) is 0 Å². The van der Waals surface area contributed by atoms with Crippen LogP contribution in [-0.2, 0) is 21.7 Å². The molecule has 0 aromatic heterocycles. The second kappa shape index (κ2) is 12.4. The molecule has 193 valence electrons. The van der Waals surface area contributed by atoms with Gasteiger partial charge in [0.15, 0.2) is 0 Å². The fourth-order valence-corrected chi connectivity index (χ4v) is 12.4. The maximum atomic E-state index is 2.60. The Bertz CT molecular complexity index is 1060. The fourth-order valence-electron chi connectivity index (χ4n) is 6.92. The normalized spacial score (nSPS) is 25.6. The van der Waals surface area contributed by atoms with Crippen LogP contribution in [0.4, 0.5) is 0 Å². The molecule has 0 spiro atoms. The average molecular weight is 557 g/mol. The first-order valence-corrected chi connectivity index (χ1v) is 20.7. The minimum atomic E-state index is -1.57. The third-order valence-corrected chi connectivity index (χ3v) is 12.9. The second-order valence-corrected chi connectivity index (χ2v) is 23.2. The van der Waals surface area contributed by atoms with Crippen molar-refractivity contribution in [2.45, 2.75) is 58.7 Å². The predicted octanol–water partition coefficient (Wildman–Crippen LogP) is 9.51. The number of rotatable bonds is 4. The summed E-state index contributed by atoms with van der Waals surface area (Å²) in [5, 5.41) is 1.81. The Hall–Kier alpha value is -1.06. The van der Waals surface area contributed by atoms with E-state index in [1.807, 2.05) is 37.3 Å². The summed E-state index contributed by atoms with van der Waals surface area (Å²) in [4.78, 5) is 0. The van der Waals surface area contributed by atoms with Crippen molar-refractivity contribution in [2.24, 2.45) is 17.8 Å². The molecule has 2 aromatic carbocycles. The molecule has 37 heavy (non-hydrogen) atoms. The van der Waals surface area contributed by atoms with Gasteiger partial charge >= 0.3 is 0 Å². The standard InChI is InChI=1S/C29H39Si2.C5H5.Ti/c1-20-19-24(22-15-11-9-12-16-22)28(30(3,4)5)26-21(2)25(20)27(29(26)31(6,7)8)23-17-13-10-14-18-23;1-2-4-5-3-1;/h9-19,21,25-26,29H,1-8H3;1-5H;/q-1;;/t21?,25-,26-,29?;;/m0../s1. The molecule has 2 unspecified atom stereocenters. The van der Waals surface area contributed by atoms with Gasteiger partial charge in [-0.2, -0.15) is 23.6 Å². The maximum Gasteiger partial charge on any atom is 0.0735 e. The van der Waals surface area contributed by atoms with Crippen LogP contribution in [0.25, 0.3) is 5.57 Å². The van der Waals surface area contributed by atoms with Gasteiger partial charge in [0.25, 0.3) is 0 Å². The summed E-state index contributed by atoms with van der Waals surface area (Å²) < 4.78 is 0. The van der Waals surface area contributed by atoms with Crippen molar-refractivity contribution >= 4 is 21.7 Å². The van der Waals surface area contributed by atoms with Crippen LogP contribution in [0.3, 0.4) is 0 Å². The van der Waals surface area contributed by atoms with Gasteiger partial charge in [0, 0.05) is 29.8 Å². The predicted molar refractivity (Wildman–Crippen MR) is 164 cm³/mol. The van der Waals surface area contributed by atoms with Crippen molar-refractivity contribution in [2.75, 3.05) is 0 Å². The van der Waals surface area contributed by atoms with E-state index in [4.69, 9.17) is 0 Å². The Balaban J connectivity index is 0.000000568. The minimum absolute atomic E-state index is 0. The molecule has 3 heteroatoms. The number of benzene rings is 2. The van der Waals surface area contributed by atoms with E-state index < -0.39 is 16.1 Å². The van der Waals surface area contributed by atoms with Crippen molar-refractivity contribution in [1.82, 2.24) is 0 Å². The monoisotopic (exact) mass is 556 g/mol. The molecule has 2 bridgehead atoms. The molecule has 2 fully saturated rings. The van der Waals surface area contributed by atoms with Crippen LogP contribution in [-0.4, -0.2) is 16.1 Å². The summed E-state index contributed by atoms with van der Waals surface area (Å²) >= 11 is 0. The van der Waals surface area contributed by atoms with Crippen molar-refractivity contribution in [3.05, 3.63) is 127 Å². The fraction of sp³-hybridized carbons (Fsp3) is 0.353. The molecule has 0 N–H and O–H groups in total. The van der Waals surface area contributed by atoms with E-state index in [0.29, 0.717) is 23.3 Å². The van der Waals surface area contributed by atoms with Crippen molar-refractivity contribution in [3.63, 3.8) is 0 Å². The largest absolute Gasteiger partial charge is 0.188 e. The van der Waals surface area contributed by atoms with E-state index in [2.05, 4.69) is 120 Å². The summed E-state index contributed by atoms with van der Waals surface area (Å²) in [5.41, 5.74) is 6.70. The molecule has 2 saturated carbocycles. The Kier molecular flexibility index (Phi) is 10.2. The topological polar surface area (TPSA) is 0 Å². The number of allylic oxidation sites excluding steroid dienone is 4. The van der Waals surface area contributed by atoms with Crippen molar-refractivity contribution in [3.8, 4) is 0 Å². The van der Waals surface area contributed by atoms with Gasteiger partial charge in [-0.05, 0) is 67.9 Å². The Morgan fingerprint density at radius 2 is 1.19 bits per heavy atom. The van der Waals surface area contributed by atoms with Crippen LogP contribution in [0.15, 0.2) is 77.5 Å². The van der Waals surface area contributed by atoms with Crippen LogP contribution in [0.1, 0.15) is 25.0 Å². The zero-order valence-electron chi connectivity index (χ0n) is 24.0. The van der Waals surface area contributed by atoms with E-state index in [-0.39, 0.29) is 21.7 Å². The van der Waals surface area contributed by atoms with Gasteiger partial charge < -0.3 is 0 Å². The minimum Gasteiger partial charge on any atom is -0.188 e. The van der Waals surface area contributed by atoms with Gasteiger partial charge in [-0.15, -0.1) is 12.1 Å². The SMILES string of the molecule is CC1=CC(c2ccccc2)=C([Si](C)(C)C)[C@@H]2C(C)[C@H]1[C-](c1ccccc1)C2[Si](C)(C)C.[CH]1[CH][CH][CH][CH]1.[Ti]. The first kappa shape index (κ1) is 30.5. The van der Waals surface area contributed by atoms with Crippen LogP contribution >= 0.6 is 0 Å². The molecule has 3 aliphatic rings. The Morgan fingerprint density at radius 1 is 0.703 bits per heavy atom. The summed E-state index contributed by atoms with van der Waals surface area (Å²) in [6, 6.07) is 22.6. The van der Waals surface area contributed by atoms with Crippen LogP contribution in [0.2, 0.25) is 44.8 Å². The van der Waals surface area contributed by atoms with E-state index in [9.17, 15) is 0 Å². The van der Waals surface area contributed by atoms with Crippen LogP contribution < -0.4 is 0 Å². The van der Waals surface area contributed by atoms with Gasteiger partial charge in [-0.1, -0.05) is 105 Å². The van der Waals surface area contributed by atoms with Crippen LogP contribution in [0, 0.1) is 55.8 Å². The van der Waals surface area contributed by atoms with Crippen LogP contribution in [0.5, 0.6) is 0 Å². The van der Waals surface area contributed by atoms with Gasteiger partial charge in [0.05, 0.1) is 8.07 Å². The molecular formula is C34H44Si2Ti-. The van der Waals surface area contributed by atoms with E-state index in [1.165, 1.54) is 11.1 Å². The molecule has 2 aromatic rings. The molecule has 0 saturated heterocycles. The average Bonchev–Trinajstić information content (AvgIpc) is 3.47. The first-order chi connectivity index (χ1) is 17.0. The van der Waals surface area contributed by atoms with E-state index in [1.54, 1.807) is 17.1 Å². The quantitative estimate of drug-likeness (QED) is 0.260. The zero-order valence-corrected chi connectivity index (χ0v) is 27.6. The smallest absolute Gasteiger partial charge is 0.0735 e. The Morgan fingerprint density at radius 3 is 1.65 bits per heavy atom. The molecule has 4 atom stereocenters. The van der Waals surface area contributed by atoms with Gasteiger partial charge in [0.1, 0.15) is 0 Å². The number of hydrogen-bond acceptors (Lipinski definition) is 0. The summed E-state index contributed by atoms with van der Waals surface area (Å²) in [6.45, 7) is 20.5. The molecule has 0 heterocycles. The zero-order chi connectivity index (χ0) is 26.1. The summed E-state index contributed by atoms with van der Waals surface area (Å²) in [6.07, 6.45) is 12.6. The van der Waals surface area contributed by atoms with E-state index >= 15 is 0 Å².